The predicted molar refractivity (Wildman–Crippen MR) is 49.8 cm³/mol. The Balaban J connectivity index is 2.97. The summed E-state index contributed by atoms with van der Waals surface area (Å²) in [6, 6.07) is 0. The van der Waals surface area contributed by atoms with Gasteiger partial charge in [-0.05, 0) is 13.8 Å². The van der Waals surface area contributed by atoms with Crippen LogP contribution in [-0.4, -0.2) is 35.3 Å². The third-order valence-corrected chi connectivity index (χ3v) is 2.51. The molecule has 0 aromatic rings. The first-order valence-electron chi connectivity index (χ1n) is 4.43. The molecule has 6 nitrogen and oxygen atoms in total. The Kier molecular flexibility index (Phi) is 2.72. The van der Waals surface area contributed by atoms with Crippen LogP contribution in [0.5, 0.6) is 0 Å². The molecule has 82 valence electrons. The summed E-state index contributed by atoms with van der Waals surface area (Å²) >= 11 is 0. The molecule has 1 fully saturated rings. The molecule has 0 aromatic carbocycles. The van der Waals surface area contributed by atoms with Gasteiger partial charge < -0.3 is 5.73 Å². The fourth-order valence-corrected chi connectivity index (χ4v) is 1.45. The van der Waals surface area contributed by atoms with Gasteiger partial charge in [0.15, 0.2) is 23.0 Å². The van der Waals surface area contributed by atoms with Crippen LogP contribution in [0.25, 0.3) is 0 Å². The lowest BCUT2D eigenvalue weighted by Gasteiger charge is -2.13. The van der Waals surface area contributed by atoms with Gasteiger partial charge in [0.25, 0.3) is 0 Å². The molecule has 0 aliphatic carbocycles. The van der Waals surface area contributed by atoms with E-state index in [1.807, 2.05) is 0 Å². The molecule has 0 aromatic heterocycles. The van der Waals surface area contributed by atoms with Crippen LogP contribution in [0.4, 0.5) is 0 Å². The highest BCUT2D eigenvalue weighted by molar-refractivity contribution is 6.27. The van der Waals surface area contributed by atoms with Gasteiger partial charge in [0, 0.05) is 6.54 Å². The lowest BCUT2D eigenvalue weighted by molar-refractivity contribution is -0.141. The van der Waals surface area contributed by atoms with E-state index in [2.05, 4.69) is 5.32 Å². The van der Waals surface area contributed by atoms with Crippen LogP contribution < -0.4 is 11.1 Å². The highest BCUT2D eigenvalue weighted by atomic mass is 16.2. The largest absolute Gasteiger partial charge is 0.369 e. The molecule has 15 heavy (non-hydrogen) atoms. The number of hydrogen-bond acceptors (Lipinski definition) is 5. The van der Waals surface area contributed by atoms with Crippen LogP contribution in [0.1, 0.15) is 13.8 Å². The van der Waals surface area contributed by atoms with E-state index in [1.54, 1.807) is 0 Å². The predicted octanol–water partition coefficient (Wildman–Crippen LogP) is -1.82. The zero-order valence-corrected chi connectivity index (χ0v) is 8.49. The first kappa shape index (κ1) is 11.5. The Bertz CT molecular complexity index is 343. The minimum absolute atomic E-state index is 0.165. The molecule has 1 aliphatic heterocycles. The summed E-state index contributed by atoms with van der Waals surface area (Å²) in [6.45, 7) is 2.50. The van der Waals surface area contributed by atoms with Gasteiger partial charge in [-0.15, -0.1) is 0 Å². The smallest absolute Gasteiger partial charge is 0.235 e. The number of carbonyl (C=O) groups is 4. The first-order chi connectivity index (χ1) is 6.83. The Morgan fingerprint density at radius 3 is 1.93 bits per heavy atom. The summed E-state index contributed by atoms with van der Waals surface area (Å²) in [7, 11) is 0. The Hall–Kier alpha value is -1.56. The highest BCUT2D eigenvalue weighted by Gasteiger charge is 2.57. The second kappa shape index (κ2) is 3.54. The Labute approximate surface area is 86.2 Å². The quantitative estimate of drug-likeness (QED) is 0.411. The van der Waals surface area contributed by atoms with Crippen molar-refractivity contribution in [2.24, 2.45) is 11.7 Å². The number of hydrogen-bond donors (Lipinski definition) is 2. The zero-order valence-electron chi connectivity index (χ0n) is 8.49. The van der Waals surface area contributed by atoms with Gasteiger partial charge in [0.1, 0.15) is 5.78 Å². The molecule has 1 aliphatic rings. The van der Waals surface area contributed by atoms with Crippen molar-refractivity contribution in [1.82, 2.24) is 5.32 Å². The summed E-state index contributed by atoms with van der Waals surface area (Å²) in [4.78, 5) is 44.9. The molecule has 1 saturated heterocycles. The zero-order chi connectivity index (χ0) is 11.8. The summed E-state index contributed by atoms with van der Waals surface area (Å²) in [5.74, 6) is -4.32. The molecular formula is C9H12N2O4. The van der Waals surface area contributed by atoms with Gasteiger partial charge >= 0.3 is 0 Å². The number of carbonyl (C=O) groups excluding carboxylic acids is 4. The lowest BCUT2D eigenvalue weighted by Crippen LogP contribution is -2.47. The van der Waals surface area contributed by atoms with E-state index in [9.17, 15) is 19.2 Å². The van der Waals surface area contributed by atoms with Crippen LogP contribution in [0.2, 0.25) is 0 Å². The minimum atomic E-state index is -1.52. The molecule has 0 spiro atoms. The molecule has 1 heterocycles. The number of ketones is 3. The van der Waals surface area contributed by atoms with Gasteiger partial charge in [0.2, 0.25) is 5.91 Å². The average molecular weight is 212 g/mol. The van der Waals surface area contributed by atoms with E-state index >= 15 is 0 Å². The van der Waals surface area contributed by atoms with E-state index in [1.165, 1.54) is 6.92 Å². The fraction of sp³-hybridized carbons (Fsp3) is 0.556. The van der Waals surface area contributed by atoms with Crippen LogP contribution in [0, 0.1) is 5.92 Å². The van der Waals surface area contributed by atoms with Crippen molar-refractivity contribution in [3.63, 3.8) is 0 Å². The van der Waals surface area contributed by atoms with Crippen molar-refractivity contribution in [2.75, 3.05) is 6.54 Å². The molecule has 6 heteroatoms. The summed E-state index contributed by atoms with van der Waals surface area (Å²) in [6.07, 6.45) is 0. The number of Topliss-reactive ketones (excluding diaryl/α,β-unsaturated/α-hetero) is 3. The monoisotopic (exact) mass is 212 g/mol. The maximum absolute atomic E-state index is 11.7. The number of amides is 1. The van der Waals surface area contributed by atoms with E-state index in [0.717, 1.165) is 6.92 Å². The molecule has 0 saturated carbocycles. The van der Waals surface area contributed by atoms with E-state index < -0.39 is 34.7 Å². The van der Waals surface area contributed by atoms with Crippen LogP contribution in [0.15, 0.2) is 0 Å². The van der Waals surface area contributed by atoms with Crippen LogP contribution in [-0.2, 0) is 19.2 Å². The summed E-state index contributed by atoms with van der Waals surface area (Å²) < 4.78 is 0. The highest BCUT2D eigenvalue weighted by Crippen LogP contribution is 2.24. The second-order valence-corrected chi connectivity index (χ2v) is 3.63. The second-order valence-electron chi connectivity index (χ2n) is 3.63. The normalized spacial score (nSPS) is 25.5. The van der Waals surface area contributed by atoms with Gasteiger partial charge in [-0.1, -0.05) is 0 Å². The van der Waals surface area contributed by atoms with Crippen molar-refractivity contribution in [3.8, 4) is 0 Å². The van der Waals surface area contributed by atoms with Gasteiger partial charge in [-0.2, -0.15) is 0 Å². The third-order valence-electron chi connectivity index (χ3n) is 2.51. The molecule has 0 radical (unpaired) electrons. The van der Waals surface area contributed by atoms with E-state index in [-0.39, 0.29) is 6.54 Å². The third kappa shape index (κ3) is 1.80. The number of nitrogens with two attached hydrogens (primary N) is 1. The SMILES string of the molecule is CC(=O)C(C(N)=O)C(=O)C1(C(C)=O)CN1. The molecule has 0 bridgehead atoms. The van der Waals surface area contributed by atoms with E-state index in [4.69, 9.17) is 5.73 Å². The number of nitrogens with one attached hydrogen (secondary N) is 1. The molecular weight excluding hydrogens is 200 g/mol. The van der Waals surface area contributed by atoms with Crippen molar-refractivity contribution < 1.29 is 19.2 Å². The molecule has 3 N–H and O–H groups in total. The fourth-order valence-electron chi connectivity index (χ4n) is 1.45. The topological polar surface area (TPSA) is 116 Å². The van der Waals surface area contributed by atoms with Crippen molar-refractivity contribution in [1.29, 1.82) is 0 Å². The maximum Gasteiger partial charge on any atom is 0.235 e. The average Bonchev–Trinajstić information content (AvgIpc) is 2.81. The molecule has 1 amide bonds. The number of primary amides is 1. The van der Waals surface area contributed by atoms with Gasteiger partial charge in [0.05, 0.1) is 0 Å². The standard InChI is InChI=1S/C9H12N2O4/c1-4(12)6(8(10)15)7(14)9(3-11-9)5(2)13/h6,11H,3H2,1-2H3,(H2,10,15). The minimum Gasteiger partial charge on any atom is -0.369 e. The van der Waals surface area contributed by atoms with E-state index in [0.29, 0.717) is 0 Å². The summed E-state index contributed by atoms with van der Waals surface area (Å²) in [5, 5.41) is 2.58. The van der Waals surface area contributed by atoms with Gasteiger partial charge in [-0.3, -0.25) is 24.5 Å². The Morgan fingerprint density at radius 1 is 1.27 bits per heavy atom. The maximum atomic E-state index is 11.7. The van der Waals surface area contributed by atoms with Gasteiger partial charge in [-0.25, -0.2) is 0 Å². The summed E-state index contributed by atoms with van der Waals surface area (Å²) in [5.41, 5.74) is 3.59. The first-order valence-corrected chi connectivity index (χ1v) is 4.43. The van der Waals surface area contributed by atoms with Crippen LogP contribution in [0.3, 0.4) is 0 Å². The Morgan fingerprint density at radius 2 is 1.73 bits per heavy atom. The van der Waals surface area contributed by atoms with Crippen molar-refractivity contribution in [3.05, 3.63) is 0 Å². The number of rotatable bonds is 5. The lowest BCUT2D eigenvalue weighted by atomic mass is 9.87. The molecule has 2 unspecified atom stereocenters. The molecule has 1 rings (SSSR count). The molecule has 2 atom stereocenters. The van der Waals surface area contributed by atoms with Crippen LogP contribution >= 0.6 is 0 Å². The van der Waals surface area contributed by atoms with Crippen molar-refractivity contribution >= 4 is 23.3 Å². The van der Waals surface area contributed by atoms with Crippen molar-refractivity contribution in [2.45, 2.75) is 19.4 Å².